The van der Waals surface area contributed by atoms with Gasteiger partial charge >= 0.3 is 0 Å². The Labute approximate surface area is 112 Å². The fourth-order valence-corrected chi connectivity index (χ4v) is 2.54. The van der Waals surface area contributed by atoms with Crippen LogP contribution in [0.5, 0.6) is 0 Å². The van der Waals surface area contributed by atoms with E-state index in [1.807, 2.05) is 29.3 Å². The predicted molar refractivity (Wildman–Crippen MR) is 72.6 cm³/mol. The van der Waals surface area contributed by atoms with Gasteiger partial charge in [-0.2, -0.15) is 0 Å². The Kier molecular flexibility index (Phi) is 3.31. The van der Waals surface area contributed by atoms with Gasteiger partial charge < -0.3 is 9.88 Å². The minimum atomic E-state index is 0.324. The SMILES string of the molecule is O=CN(CCc1ccccc1)[C@@H]1C[C@H]1c1c[nH]cn1. The summed E-state index contributed by atoms with van der Waals surface area (Å²) >= 11 is 0. The molecule has 1 aromatic heterocycles. The summed E-state index contributed by atoms with van der Waals surface area (Å²) in [6.45, 7) is 0.777. The summed E-state index contributed by atoms with van der Waals surface area (Å²) in [6, 6.07) is 10.6. The van der Waals surface area contributed by atoms with Crippen LogP contribution in [0, 0.1) is 0 Å². The summed E-state index contributed by atoms with van der Waals surface area (Å²) in [4.78, 5) is 20.4. The molecule has 19 heavy (non-hydrogen) atoms. The van der Waals surface area contributed by atoms with Crippen molar-refractivity contribution in [1.29, 1.82) is 0 Å². The van der Waals surface area contributed by atoms with Crippen molar-refractivity contribution in [3.8, 4) is 0 Å². The van der Waals surface area contributed by atoms with Crippen LogP contribution in [0.3, 0.4) is 0 Å². The van der Waals surface area contributed by atoms with Crippen molar-refractivity contribution in [1.82, 2.24) is 14.9 Å². The number of benzene rings is 1. The molecule has 1 saturated carbocycles. The number of amides is 1. The zero-order valence-electron chi connectivity index (χ0n) is 10.7. The zero-order valence-corrected chi connectivity index (χ0v) is 10.7. The molecule has 0 aliphatic heterocycles. The standard InChI is InChI=1S/C15H17N3O/c19-11-18(7-6-12-4-2-1-3-5-12)15-8-13(15)14-9-16-10-17-14/h1-5,9-11,13,15H,6-8H2,(H,16,17)/t13-,15+/m0/s1. The third-order valence-electron chi connectivity index (χ3n) is 3.72. The first-order valence-corrected chi connectivity index (χ1v) is 6.62. The molecule has 1 N–H and O–H groups in total. The van der Waals surface area contributed by atoms with Crippen molar-refractivity contribution in [2.24, 2.45) is 0 Å². The van der Waals surface area contributed by atoms with E-state index in [9.17, 15) is 4.79 Å². The van der Waals surface area contributed by atoms with Crippen molar-refractivity contribution in [3.05, 3.63) is 54.1 Å². The summed E-state index contributed by atoms with van der Waals surface area (Å²) in [5.74, 6) is 0.409. The lowest BCUT2D eigenvalue weighted by Gasteiger charge is -2.17. The average molecular weight is 255 g/mol. The fourth-order valence-electron chi connectivity index (χ4n) is 2.54. The van der Waals surface area contributed by atoms with E-state index in [1.165, 1.54) is 5.56 Å². The Hall–Kier alpha value is -2.10. The second-order valence-corrected chi connectivity index (χ2v) is 4.98. The number of carbonyl (C=O) groups is 1. The lowest BCUT2D eigenvalue weighted by atomic mass is 10.1. The first-order valence-electron chi connectivity index (χ1n) is 6.62. The van der Waals surface area contributed by atoms with Gasteiger partial charge in [-0.25, -0.2) is 4.98 Å². The van der Waals surface area contributed by atoms with Crippen LogP contribution in [0.4, 0.5) is 0 Å². The van der Waals surface area contributed by atoms with Gasteiger partial charge in [0.25, 0.3) is 0 Å². The average Bonchev–Trinajstić information content (AvgIpc) is 3.05. The molecule has 98 valence electrons. The maximum absolute atomic E-state index is 11.2. The van der Waals surface area contributed by atoms with E-state index < -0.39 is 0 Å². The summed E-state index contributed by atoms with van der Waals surface area (Å²) in [7, 11) is 0. The smallest absolute Gasteiger partial charge is 0.209 e. The molecule has 0 radical (unpaired) electrons. The molecule has 2 aromatic rings. The van der Waals surface area contributed by atoms with Crippen molar-refractivity contribution in [3.63, 3.8) is 0 Å². The summed E-state index contributed by atoms with van der Waals surface area (Å²) in [5.41, 5.74) is 2.34. The molecule has 0 bridgehead atoms. The van der Waals surface area contributed by atoms with E-state index in [4.69, 9.17) is 0 Å². The lowest BCUT2D eigenvalue weighted by molar-refractivity contribution is -0.118. The third-order valence-corrected chi connectivity index (χ3v) is 3.72. The predicted octanol–water partition coefficient (Wildman–Crippen LogP) is 1.97. The van der Waals surface area contributed by atoms with Gasteiger partial charge in [-0.05, 0) is 18.4 Å². The molecule has 1 aromatic carbocycles. The van der Waals surface area contributed by atoms with E-state index in [-0.39, 0.29) is 0 Å². The summed E-state index contributed by atoms with van der Waals surface area (Å²) < 4.78 is 0. The molecule has 0 saturated heterocycles. The molecule has 0 spiro atoms. The highest BCUT2D eigenvalue weighted by molar-refractivity contribution is 5.50. The highest BCUT2D eigenvalue weighted by Crippen LogP contribution is 2.43. The van der Waals surface area contributed by atoms with E-state index in [0.717, 1.165) is 31.5 Å². The monoisotopic (exact) mass is 255 g/mol. The highest BCUT2D eigenvalue weighted by Gasteiger charge is 2.43. The minimum absolute atomic E-state index is 0.324. The molecular weight excluding hydrogens is 238 g/mol. The van der Waals surface area contributed by atoms with Gasteiger partial charge in [0.05, 0.1) is 12.0 Å². The van der Waals surface area contributed by atoms with Gasteiger partial charge in [0.1, 0.15) is 0 Å². The van der Waals surface area contributed by atoms with Crippen LogP contribution in [0.15, 0.2) is 42.9 Å². The third kappa shape index (κ3) is 2.67. The maximum Gasteiger partial charge on any atom is 0.209 e. The number of aromatic amines is 1. The van der Waals surface area contributed by atoms with E-state index in [2.05, 4.69) is 22.1 Å². The number of nitrogens with zero attached hydrogens (tertiary/aromatic N) is 2. The van der Waals surface area contributed by atoms with Crippen LogP contribution in [0.25, 0.3) is 0 Å². The molecule has 1 heterocycles. The lowest BCUT2D eigenvalue weighted by Crippen LogP contribution is -2.27. The van der Waals surface area contributed by atoms with Crippen molar-refractivity contribution in [2.45, 2.75) is 24.8 Å². The number of carbonyl (C=O) groups excluding carboxylic acids is 1. The Bertz CT molecular complexity index is 524. The van der Waals surface area contributed by atoms with Gasteiger partial charge in [0, 0.05) is 24.7 Å². The van der Waals surface area contributed by atoms with E-state index >= 15 is 0 Å². The normalized spacial score (nSPS) is 21.1. The van der Waals surface area contributed by atoms with E-state index in [1.54, 1.807) is 6.33 Å². The molecule has 3 rings (SSSR count). The Morgan fingerprint density at radius 1 is 1.37 bits per heavy atom. The Balaban J connectivity index is 1.56. The molecule has 2 atom stereocenters. The largest absolute Gasteiger partial charge is 0.351 e. The van der Waals surface area contributed by atoms with Crippen LogP contribution in [-0.2, 0) is 11.2 Å². The van der Waals surface area contributed by atoms with Gasteiger partial charge in [0.15, 0.2) is 0 Å². The van der Waals surface area contributed by atoms with Crippen LogP contribution in [-0.4, -0.2) is 33.9 Å². The fraction of sp³-hybridized carbons (Fsp3) is 0.333. The highest BCUT2D eigenvalue weighted by atomic mass is 16.1. The van der Waals surface area contributed by atoms with Crippen LogP contribution in [0.1, 0.15) is 23.6 Å². The zero-order chi connectivity index (χ0) is 13.1. The number of hydrogen-bond acceptors (Lipinski definition) is 2. The van der Waals surface area contributed by atoms with Crippen LogP contribution < -0.4 is 0 Å². The first kappa shape index (κ1) is 12.0. The quantitative estimate of drug-likeness (QED) is 0.802. The van der Waals surface area contributed by atoms with Crippen LogP contribution in [0.2, 0.25) is 0 Å². The maximum atomic E-state index is 11.2. The molecule has 4 heteroatoms. The number of imidazole rings is 1. The molecule has 4 nitrogen and oxygen atoms in total. The molecular formula is C15H17N3O. The number of aromatic nitrogens is 2. The van der Waals surface area contributed by atoms with Gasteiger partial charge in [-0.3, -0.25) is 4.79 Å². The van der Waals surface area contributed by atoms with E-state index in [0.29, 0.717) is 12.0 Å². The summed E-state index contributed by atoms with van der Waals surface area (Å²) in [6.07, 6.45) is 6.52. The molecule has 1 fully saturated rings. The number of hydrogen-bond donors (Lipinski definition) is 1. The minimum Gasteiger partial charge on any atom is -0.351 e. The van der Waals surface area contributed by atoms with Crippen molar-refractivity contribution < 1.29 is 4.79 Å². The molecule has 1 amide bonds. The number of rotatable bonds is 6. The number of H-pyrrole nitrogens is 1. The van der Waals surface area contributed by atoms with Crippen molar-refractivity contribution >= 4 is 6.41 Å². The van der Waals surface area contributed by atoms with Gasteiger partial charge in [-0.1, -0.05) is 30.3 Å². The number of nitrogens with one attached hydrogen (secondary N) is 1. The second kappa shape index (κ2) is 5.26. The Morgan fingerprint density at radius 3 is 2.89 bits per heavy atom. The topological polar surface area (TPSA) is 49.0 Å². The Morgan fingerprint density at radius 2 is 2.21 bits per heavy atom. The van der Waals surface area contributed by atoms with Gasteiger partial charge in [-0.15, -0.1) is 0 Å². The van der Waals surface area contributed by atoms with Crippen LogP contribution >= 0.6 is 0 Å². The summed E-state index contributed by atoms with van der Waals surface area (Å²) in [5, 5.41) is 0. The van der Waals surface area contributed by atoms with Crippen molar-refractivity contribution in [2.75, 3.05) is 6.54 Å². The first-order chi connectivity index (χ1) is 9.38. The second-order valence-electron chi connectivity index (χ2n) is 4.98. The molecule has 1 aliphatic carbocycles. The molecule has 1 aliphatic rings. The molecule has 0 unspecified atom stereocenters. The van der Waals surface area contributed by atoms with Gasteiger partial charge in [0.2, 0.25) is 6.41 Å².